The molecular weight excluding hydrogens is 585 g/mol. The molecule has 0 bridgehead atoms. The highest BCUT2D eigenvalue weighted by Crippen LogP contribution is 2.40. The van der Waals surface area contributed by atoms with E-state index in [0.29, 0.717) is 0 Å². The molecular formula is C44H28N4. The number of imidazole rings is 1. The molecule has 48 heavy (non-hydrogen) atoms. The zero-order chi connectivity index (χ0) is 31.6. The van der Waals surface area contributed by atoms with Gasteiger partial charge in [-0.15, -0.1) is 0 Å². The summed E-state index contributed by atoms with van der Waals surface area (Å²) in [4.78, 5) is 10.2. The first-order chi connectivity index (χ1) is 23.8. The van der Waals surface area contributed by atoms with E-state index in [1.165, 1.54) is 16.2 Å². The van der Waals surface area contributed by atoms with Crippen molar-refractivity contribution >= 4 is 54.5 Å². The van der Waals surface area contributed by atoms with Crippen molar-refractivity contribution in [1.29, 1.82) is 0 Å². The van der Waals surface area contributed by atoms with Crippen LogP contribution in [0.2, 0.25) is 0 Å². The number of benzene rings is 7. The van der Waals surface area contributed by atoms with Gasteiger partial charge in [0.25, 0.3) is 0 Å². The smallest absolute Gasteiger partial charge is 0.145 e. The summed E-state index contributed by atoms with van der Waals surface area (Å²) in [6.45, 7) is 0. The van der Waals surface area contributed by atoms with Gasteiger partial charge in [-0.1, -0.05) is 115 Å². The number of fused-ring (bicyclic) bond motifs is 9. The summed E-state index contributed by atoms with van der Waals surface area (Å²) in [5, 5.41) is 5.92. The van der Waals surface area contributed by atoms with E-state index in [-0.39, 0.29) is 0 Å². The van der Waals surface area contributed by atoms with Crippen molar-refractivity contribution in [3.8, 4) is 33.9 Å². The number of rotatable bonds is 4. The van der Waals surface area contributed by atoms with Crippen molar-refractivity contribution in [2.45, 2.75) is 0 Å². The Hall–Kier alpha value is -6.52. The SMILES string of the molecule is c1ccc(-c2nc3c4ccccc4c4ccccc4c3n2-c2cccc(-c3ccc4c(c3)c3ncccc3n4-c3ccccc3)c2)cc1. The largest absolute Gasteiger partial charge is 0.308 e. The van der Waals surface area contributed by atoms with Crippen molar-refractivity contribution in [2.75, 3.05) is 0 Å². The molecule has 0 atom stereocenters. The van der Waals surface area contributed by atoms with Gasteiger partial charge < -0.3 is 4.57 Å². The van der Waals surface area contributed by atoms with Crippen molar-refractivity contribution in [2.24, 2.45) is 0 Å². The quantitative estimate of drug-likeness (QED) is 0.185. The molecule has 224 valence electrons. The fraction of sp³-hybridized carbons (Fsp3) is 0. The van der Waals surface area contributed by atoms with Crippen molar-refractivity contribution < 1.29 is 0 Å². The van der Waals surface area contributed by atoms with E-state index in [4.69, 9.17) is 9.97 Å². The van der Waals surface area contributed by atoms with E-state index in [1.54, 1.807) is 0 Å². The van der Waals surface area contributed by atoms with Gasteiger partial charge in [0, 0.05) is 39.3 Å². The molecule has 3 aromatic heterocycles. The molecule has 0 saturated carbocycles. The molecule has 0 saturated heterocycles. The minimum Gasteiger partial charge on any atom is -0.308 e. The molecule has 0 aliphatic heterocycles. The van der Waals surface area contributed by atoms with Gasteiger partial charge in [0.05, 0.1) is 27.6 Å². The average molecular weight is 613 g/mol. The zero-order valence-electron chi connectivity index (χ0n) is 26.0. The summed E-state index contributed by atoms with van der Waals surface area (Å²) in [6.07, 6.45) is 1.88. The molecule has 4 heteroatoms. The van der Waals surface area contributed by atoms with Gasteiger partial charge in [0.15, 0.2) is 0 Å². The average Bonchev–Trinajstić information content (AvgIpc) is 3.73. The van der Waals surface area contributed by atoms with Crippen LogP contribution >= 0.6 is 0 Å². The lowest BCUT2D eigenvalue weighted by Crippen LogP contribution is -1.98. The fourth-order valence-electron chi connectivity index (χ4n) is 7.43. The topological polar surface area (TPSA) is 35.6 Å². The van der Waals surface area contributed by atoms with Crippen LogP contribution in [0.25, 0.3) is 88.4 Å². The molecule has 0 fully saturated rings. The third-order valence-electron chi connectivity index (χ3n) is 9.54. The first-order valence-corrected chi connectivity index (χ1v) is 16.3. The van der Waals surface area contributed by atoms with Crippen LogP contribution in [-0.2, 0) is 0 Å². The third kappa shape index (κ3) is 3.96. The summed E-state index contributed by atoms with van der Waals surface area (Å²) >= 11 is 0. The highest BCUT2D eigenvalue weighted by molar-refractivity contribution is 6.24. The van der Waals surface area contributed by atoms with Crippen LogP contribution in [-0.4, -0.2) is 19.1 Å². The van der Waals surface area contributed by atoms with Crippen LogP contribution in [0.1, 0.15) is 0 Å². The molecule has 3 heterocycles. The highest BCUT2D eigenvalue weighted by atomic mass is 15.1. The van der Waals surface area contributed by atoms with E-state index >= 15 is 0 Å². The van der Waals surface area contributed by atoms with Crippen LogP contribution in [0.3, 0.4) is 0 Å². The summed E-state index contributed by atoms with van der Waals surface area (Å²) in [5.41, 5.74) is 10.9. The number of pyridine rings is 1. The second kappa shape index (κ2) is 10.5. The molecule has 0 N–H and O–H groups in total. The highest BCUT2D eigenvalue weighted by Gasteiger charge is 2.20. The Kier molecular flexibility index (Phi) is 5.84. The maximum absolute atomic E-state index is 5.40. The van der Waals surface area contributed by atoms with Gasteiger partial charge in [-0.2, -0.15) is 0 Å². The Bertz CT molecular complexity index is 2830. The Morgan fingerprint density at radius 2 is 1.02 bits per heavy atom. The van der Waals surface area contributed by atoms with Gasteiger partial charge in [0.1, 0.15) is 5.82 Å². The van der Waals surface area contributed by atoms with Gasteiger partial charge in [-0.25, -0.2) is 4.98 Å². The Labute approximate surface area is 276 Å². The molecule has 7 aromatic carbocycles. The van der Waals surface area contributed by atoms with Gasteiger partial charge in [0.2, 0.25) is 0 Å². The summed E-state index contributed by atoms with van der Waals surface area (Å²) in [5.74, 6) is 0.926. The molecule has 10 rings (SSSR count). The third-order valence-corrected chi connectivity index (χ3v) is 9.54. The van der Waals surface area contributed by atoms with E-state index in [2.05, 4.69) is 167 Å². The zero-order valence-corrected chi connectivity index (χ0v) is 26.0. The number of hydrogen-bond acceptors (Lipinski definition) is 2. The monoisotopic (exact) mass is 612 g/mol. The molecule has 0 radical (unpaired) electrons. The van der Waals surface area contributed by atoms with Crippen LogP contribution in [0.5, 0.6) is 0 Å². The van der Waals surface area contributed by atoms with E-state index in [0.717, 1.165) is 72.2 Å². The van der Waals surface area contributed by atoms with Crippen LogP contribution in [0, 0.1) is 0 Å². The maximum Gasteiger partial charge on any atom is 0.145 e. The van der Waals surface area contributed by atoms with Crippen LogP contribution in [0.15, 0.2) is 170 Å². The molecule has 0 amide bonds. The first-order valence-electron chi connectivity index (χ1n) is 16.3. The molecule has 0 spiro atoms. The summed E-state index contributed by atoms with van der Waals surface area (Å²) in [6, 6.07) is 58.1. The fourth-order valence-corrected chi connectivity index (χ4v) is 7.43. The van der Waals surface area contributed by atoms with Crippen LogP contribution in [0.4, 0.5) is 0 Å². The van der Waals surface area contributed by atoms with E-state index < -0.39 is 0 Å². The molecule has 10 aromatic rings. The normalized spacial score (nSPS) is 11.8. The van der Waals surface area contributed by atoms with Gasteiger partial charge >= 0.3 is 0 Å². The minimum absolute atomic E-state index is 0.926. The lowest BCUT2D eigenvalue weighted by atomic mass is 9.99. The Balaban J connectivity index is 1.23. The molecule has 4 nitrogen and oxygen atoms in total. The predicted molar refractivity (Wildman–Crippen MR) is 199 cm³/mol. The molecule has 0 unspecified atom stereocenters. The summed E-state index contributed by atoms with van der Waals surface area (Å²) in [7, 11) is 0. The lowest BCUT2D eigenvalue weighted by Gasteiger charge is -2.14. The second-order valence-corrected chi connectivity index (χ2v) is 12.2. The number of nitrogens with zero attached hydrogens (tertiary/aromatic N) is 4. The molecule has 0 aliphatic carbocycles. The Morgan fingerprint density at radius 3 is 1.83 bits per heavy atom. The van der Waals surface area contributed by atoms with E-state index in [9.17, 15) is 0 Å². The van der Waals surface area contributed by atoms with Crippen LogP contribution < -0.4 is 0 Å². The number of aromatic nitrogens is 4. The standard InChI is InChI=1S/C44H28N4/c1-3-13-29(14-4-1)44-46-42-36-21-9-7-19-34(36)35-20-8-10-22-37(35)43(42)48(44)33-18-11-15-30(27-33)31-24-25-39-38(28-31)41-40(23-12-26-45-41)47(39)32-16-5-2-6-17-32/h1-28H. The van der Waals surface area contributed by atoms with Crippen molar-refractivity contribution in [1.82, 2.24) is 19.1 Å². The minimum atomic E-state index is 0.926. The predicted octanol–water partition coefficient (Wildman–Crippen LogP) is 11.2. The van der Waals surface area contributed by atoms with Gasteiger partial charge in [-0.3, -0.25) is 9.55 Å². The number of hydrogen-bond donors (Lipinski definition) is 0. The number of para-hydroxylation sites is 1. The first kappa shape index (κ1) is 26.7. The summed E-state index contributed by atoms with van der Waals surface area (Å²) < 4.78 is 4.65. The van der Waals surface area contributed by atoms with E-state index in [1.807, 2.05) is 12.3 Å². The lowest BCUT2D eigenvalue weighted by molar-refractivity contribution is 1.11. The molecule has 0 aliphatic rings. The maximum atomic E-state index is 5.40. The van der Waals surface area contributed by atoms with Gasteiger partial charge in [-0.05, 0) is 70.4 Å². The van der Waals surface area contributed by atoms with Crippen molar-refractivity contribution in [3.63, 3.8) is 0 Å². The Morgan fingerprint density at radius 1 is 0.375 bits per heavy atom. The van der Waals surface area contributed by atoms with Crippen molar-refractivity contribution in [3.05, 3.63) is 170 Å². The second-order valence-electron chi connectivity index (χ2n) is 12.2.